The summed E-state index contributed by atoms with van der Waals surface area (Å²) in [5.41, 5.74) is -0.984. The van der Waals surface area contributed by atoms with Crippen molar-refractivity contribution in [3.8, 4) is 5.75 Å². The van der Waals surface area contributed by atoms with Gasteiger partial charge in [0.05, 0.1) is 13.2 Å². The summed E-state index contributed by atoms with van der Waals surface area (Å²) in [6.07, 6.45) is 1.25. The largest absolute Gasteiger partial charge is 0.497 e. The molecule has 0 spiro atoms. The van der Waals surface area contributed by atoms with E-state index in [1.165, 1.54) is 0 Å². The highest BCUT2D eigenvalue weighted by Gasteiger charge is 2.29. The van der Waals surface area contributed by atoms with E-state index in [4.69, 9.17) is 14.6 Å². The van der Waals surface area contributed by atoms with Gasteiger partial charge in [-0.05, 0) is 44.7 Å². The lowest BCUT2D eigenvalue weighted by atomic mass is 9.82. The molecule has 0 saturated carbocycles. The summed E-state index contributed by atoms with van der Waals surface area (Å²) in [4.78, 5) is 32.7. The van der Waals surface area contributed by atoms with Crippen molar-refractivity contribution in [2.45, 2.75) is 52.7 Å². The van der Waals surface area contributed by atoms with Crippen LogP contribution in [0, 0.1) is 5.41 Å². The number of carbonyl (C=O) groups excluding carboxylic acids is 3. The smallest absolute Gasteiger partial charge is 0.407 e. The normalized spacial score (nSPS) is 11.3. The summed E-state index contributed by atoms with van der Waals surface area (Å²) < 4.78 is 10.0. The van der Waals surface area contributed by atoms with E-state index in [1.807, 2.05) is 44.2 Å². The van der Waals surface area contributed by atoms with Gasteiger partial charge in [-0.15, -0.1) is 0 Å². The van der Waals surface area contributed by atoms with Crippen LogP contribution in [0.4, 0.5) is 4.79 Å². The maximum absolute atomic E-state index is 11.4. The van der Waals surface area contributed by atoms with E-state index < -0.39 is 23.2 Å². The second-order valence-electron chi connectivity index (χ2n) is 7.58. The minimum absolute atomic E-state index is 0.368. The van der Waals surface area contributed by atoms with Gasteiger partial charge in [-0.2, -0.15) is 0 Å². The molecular formula is C21H36N2O6. The molecule has 1 unspecified atom stereocenters. The Morgan fingerprint density at radius 2 is 1.66 bits per heavy atom. The number of benzene rings is 1. The van der Waals surface area contributed by atoms with Gasteiger partial charge in [-0.3, -0.25) is 4.79 Å². The Morgan fingerprint density at radius 1 is 1.10 bits per heavy atom. The number of hydrogen-bond acceptors (Lipinski definition) is 6. The van der Waals surface area contributed by atoms with E-state index in [1.54, 1.807) is 27.9 Å². The molecule has 8 nitrogen and oxygen atoms in total. The Labute approximate surface area is 174 Å². The van der Waals surface area contributed by atoms with E-state index in [0.717, 1.165) is 12.9 Å². The zero-order valence-electron chi connectivity index (χ0n) is 18.5. The van der Waals surface area contributed by atoms with Crippen LogP contribution in [-0.4, -0.2) is 56.3 Å². The third-order valence-corrected chi connectivity index (χ3v) is 3.64. The molecule has 0 fully saturated rings. The first-order chi connectivity index (χ1) is 13.6. The van der Waals surface area contributed by atoms with E-state index >= 15 is 0 Å². The standard InChI is InChI=1S/C13H24N2O4.C7H8O.CH4O/c1-12(2,3)19-11(18)14-7-6-13(4,5)10(8-16)15-9-17;1-8-7-5-3-2-4-6-7;1-2/h8-10H,6-7H2,1-5H3,(H,14,18)(H,15,17);2-6H,1H3;2H,1H3. The van der Waals surface area contributed by atoms with Crippen molar-refractivity contribution in [2.24, 2.45) is 5.41 Å². The van der Waals surface area contributed by atoms with Crippen LogP contribution in [0.1, 0.15) is 41.0 Å². The predicted molar refractivity (Wildman–Crippen MR) is 113 cm³/mol. The Bertz CT molecular complexity index is 570. The van der Waals surface area contributed by atoms with Crippen LogP contribution in [0.15, 0.2) is 30.3 Å². The average Bonchev–Trinajstić information content (AvgIpc) is 2.67. The number of amides is 2. The third-order valence-electron chi connectivity index (χ3n) is 3.64. The van der Waals surface area contributed by atoms with Gasteiger partial charge in [0.15, 0.2) is 0 Å². The van der Waals surface area contributed by atoms with Gasteiger partial charge in [0.1, 0.15) is 17.6 Å². The number of carbonyl (C=O) groups is 3. The highest BCUT2D eigenvalue weighted by molar-refractivity contribution is 5.67. The van der Waals surface area contributed by atoms with E-state index in [9.17, 15) is 14.4 Å². The third kappa shape index (κ3) is 15.0. The Hall–Kier alpha value is -2.61. The summed E-state index contributed by atoms with van der Waals surface area (Å²) in [5.74, 6) is 0.910. The first-order valence-corrected chi connectivity index (χ1v) is 9.21. The van der Waals surface area contributed by atoms with Crippen molar-refractivity contribution < 1.29 is 29.0 Å². The molecule has 0 bridgehead atoms. The van der Waals surface area contributed by atoms with E-state index in [-0.39, 0.29) is 0 Å². The van der Waals surface area contributed by atoms with Crippen molar-refractivity contribution in [3.63, 3.8) is 0 Å². The van der Waals surface area contributed by atoms with Gasteiger partial charge in [0.2, 0.25) is 6.41 Å². The van der Waals surface area contributed by atoms with Crippen molar-refractivity contribution in [2.75, 3.05) is 20.8 Å². The van der Waals surface area contributed by atoms with Gasteiger partial charge in [-0.1, -0.05) is 32.0 Å². The molecule has 1 aromatic rings. The van der Waals surface area contributed by atoms with Crippen LogP contribution < -0.4 is 15.4 Å². The molecular weight excluding hydrogens is 376 g/mol. The molecule has 166 valence electrons. The summed E-state index contributed by atoms with van der Waals surface area (Å²) >= 11 is 0. The summed E-state index contributed by atoms with van der Waals surface area (Å²) in [7, 11) is 2.66. The number of methoxy groups -OCH3 is 1. The number of aldehydes is 1. The van der Waals surface area contributed by atoms with E-state index in [0.29, 0.717) is 25.7 Å². The minimum Gasteiger partial charge on any atom is -0.497 e. The molecule has 0 heterocycles. The Morgan fingerprint density at radius 3 is 2.03 bits per heavy atom. The molecule has 1 rings (SSSR count). The molecule has 3 N–H and O–H groups in total. The number of aliphatic hydroxyl groups is 1. The molecule has 29 heavy (non-hydrogen) atoms. The zero-order valence-corrected chi connectivity index (χ0v) is 18.5. The zero-order chi connectivity index (χ0) is 22.9. The number of aliphatic hydroxyl groups excluding tert-OH is 1. The lowest BCUT2D eigenvalue weighted by Crippen LogP contribution is -2.44. The van der Waals surface area contributed by atoms with Crippen molar-refractivity contribution >= 4 is 18.8 Å². The average molecular weight is 413 g/mol. The Kier molecular flexibility index (Phi) is 15.1. The Balaban J connectivity index is 0. The maximum atomic E-state index is 11.4. The van der Waals surface area contributed by atoms with Crippen LogP contribution in [0.3, 0.4) is 0 Å². The quantitative estimate of drug-likeness (QED) is 0.566. The number of alkyl carbamates (subject to hydrolysis) is 1. The number of rotatable bonds is 8. The topological polar surface area (TPSA) is 114 Å². The highest BCUT2D eigenvalue weighted by atomic mass is 16.6. The molecule has 8 heteroatoms. The molecule has 0 saturated heterocycles. The first kappa shape index (κ1) is 28.6. The SMILES string of the molecule is CC(C)(C)OC(=O)NCCC(C)(C)C(C=O)NC=O.CO.COc1ccccc1. The van der Waals surface area contributed by atoms with Gasteiger partial charge in [-0.25, -0.2) is 4.79 Å². The fourth-order valence-corrected chi connectivity index (χ4v) is 2.04. The van der Waals surface area contributed by atoms with Crippen LogP contribution in [0.5, 0.6) is 5.75 Å². The van der Waals surface area contributed by atoms with E-state index in [2.05, 4.69) is 10.6 Å². The molecule has 1 atom stereocenters. The van der Waals surface area contributed by atoms with Crippen LogP contribution >= 0.6 is 0 Å². The first-order valence-electron chi connectivity index (χ1n) is 9.21. The second kappa shape index (κ2) is 15.3. The predicted octanol–water partition coefficient (Wildman–Crippen LogP) is 2.54. The molecule has 0 radical (unpaired) electrons. The van der Waals surface area contributed by atoms with Crippen molar-refractivity contribution in [1.82, 2.24) is 10.6 Å². The van der Waals surface area contributed by atoms with Crippen LogP contribution in [0.2, 0.25) is 0 Å². The van der Waals surface area contributed by atoms with Gasteiger partial charge >= 0.3 is 6.09 Å². The fourth-order valence-electron chi connectivity index (χ4n) is 2.04. The second-order valence-corrected chi connectivity index (χ2v) is 7.58. The number of ether oxygens (including phenoxy) is 2. The van der Waals surface area contributed by atoms with Crippen LogP contribution in [-0.2, 0) is 14.3 Å². The van der Waals surface area contributed by atoms with Crippen LogP contribution in [0.25, 0.3) is 0 Å². The minimum atomic E-state index is -0.578. The lowest BCUT2D eigenvalue weighted by molar-refractivity contribution is -0.117. The summed E-state index contributed by atoms with van der Waals surface area (Å²) in [6, 6.07) is 9.10. The van der Waals surface area contributed by atoms with Gasteiger partial charge in [0.25, 0.3) is 0 Å². The molecule has 1 aromatic carbocycles. The number of nitrogens with one attached hydrogen (secondary N) is 2. The summed E-state index contributed by atoms with van der Waals surface area (Å²) in [6.45, 7) is 9.41. The van der Waals surface area contributed by atoms with Crippen molar-refractivity contribution in [1.29, 1.82) is 0 Å². The lowest BCUT2D eigenvalue weighted by Gasteiger charge is -2.30. The maximum Gasteiger partial charge on any atom is 0.407 e. The summed E-state index contributed by atoms with van der Waals surface area (Å²) in [5, 5.41) is 12.1. The molecule has 0 aromatic heterocycles. The molecule has 0 aliphatic heterocycles. The number of para-hydroxylation sites is 1. The number of hydrogen-bond donors (Lipinski definition) is 3. The fraction of sp³-hybridized carbons (Fsp3) is 0.571. The monoisotopic (exact) mass is 412 g/mol. The highest BCUT2D eigenvalue weighted by Crippen LogP contribution is 2.23. The van der Waals surface area contributed by atoms with Gasteiger partial charge in [0, 0.05) is 13.7 Å². The van der Waals surface area contributed by atoms with Crippen molar-refractivity contribution in [3.05, 3.63) is 30.3 Å². The molecule has 0 aliphatic carbocycles. The van der Waals surface area contributed by atoms with Gasteiger partial charge < -0.3 is 30.0 Å². The molecule has 2 amide bonds. The molecule has 0 aliphatic rings.